The van der Waals surface area contributed by atoms with Crippen LogP contribution in [0.2, 0.25) is 0 Å². The van der Waals surface area contributed by atoms with Crippen LogP contribution < -0.4 is 5.73 Å². The zero-order chi connectivity index (χ0) is 9.35. The van der Waals surface area contributed by atoms with Gasteiger partial charge in [-0.2, -0.15) is 0 Å². The molecule has 2 bridgehead atoms. The van der Waals surface area contributed by atoms with Crippen molar-refractivity contribution in [3.05, 3.63) is 0 Å². The summed E-state index contributed by atoms with van der Waals surface area (Å²) in [6.07, 6.45) is 0. The van der Waals surface area contributed by atoms with E-state index in [4.69, 9.17) is 5.73 Å². The molecule has 6 atom stereocenters. The van der Waals surface area contributed by atoms with Crippen LogP contribution in [0.3, 0.4) is 0 Å². The smallest absolute Gasteiger partial charge is 0.308 e. The quantitative estimate of drug-likeness (QED) is 0.683. The first kappa shape index (κ1) is 8.82. The first-order chi connectivity index (χ1) is 6.73. The van der Waals surface area contributed by atoms with Gasteiger partial charge in [-0.1, -0.05) is 0 Å². The minimum Gasteiger partial charge on any atom is -0.481 e. The number of fused-ring (bicyclic) bond motifs is 1. The van der Waals surface area contributed by atoms with Crippen molar-refractivity contribution >= 4 is 18.4 Å². The van der Waals surface area contributed by atoms with Crippen molar-refractivity contribution in [1.29, 1.82) is 0 Å². The third-order valence-corrected chi connectivity index (χ3v) is 6.45. The Morgan fingerprint density at radius 2 is 1.27 bits per heavy atom. The summed E-state index contributed by atoms with van der Waals surface area (Å²) >= 11 is 0. The van der Waals surface area contributed by atoms with Gasteiger partial charge in [0.15, 0.2) is 0 Å². The van der Waals surface area contributed by atoms with Crippen LogP contribution in [0.25, 0.3) is 0 Å². The van der Waals surface area contributed by atoms with Crippen molar-refractivity contribution in [3.63, 3.8) is 0 Å². The van der Waals surface area contributed by atoms with Crippen molar-refractivity contribution in [3.8, 4) is 0 Å². The van der Waals surface area contributed by atoms with Crippen molar-refractivity contribution in [2.24, 2.45) is 59.0 Å². The first-order valence-electron chi connectivity index (χ1n) is 5.72. The lowest BCUT2D eigenvalue weighted by molar-refractivity contribution is -0.472. The van der Waals surface area contributed by atoms with E-state index < -0.39 is 5.97 Å². The van der Waals surface area contributed by atoms with E-state index in [1.54, 1.807) is 0 Å². The highest BCUT2D eigenvalue weighted by Crippen LogP contribution is 2.92. The Hall–Kier alpha value is -0.280. The molecule has 4 heteroatoms. The van der Waals surface area contributed by atoms with E-state index in [0.29, 0.717) is 11.8 Å². The van der Waals surface area contributed by atoms with Gasteiger partial charge >= 0.3 is 5.97 Å². The van der Waals surface area contributed by atoms with Gasteiger partial charge in [-0.25, -0.2) is 0 Å². The summed E-state index contributed by atoms with van der Waals surface area (Å²) in [4.78, 5) is 11.2. The fourth-order valence-corrected chi connectivity index (χ4v) is 6.37. The van der Waals surface area contributed by atoms with E-state index in [9.17, 15) is 9.90 Å². The van der Waals surface area contributed by atoms with Crippen molar-refractivity contribution in [1.82, 2.24) is 0 Å². The number of carbonyl (C=O) groups is 1. The van der Waals surface area contributed by atoms with Gasteiger partial charge < -0.3 is 10.8 Å². The second kappa shape index (κ2) is 2.07. The summed E-state index contributed by atoms with van der Waals surface area (Å²) in [5, 5.41) is 9.20. The van der Waals surface area contributed by atoms with Gasteiger partial charge in [-0.3, -0.25) is 4.79 Å². The van der Waals surface area contributed by atoms with Gasteiger partial charge in [-0.05, 0) is 47.3 Å². The molecule has 0 aromatic carbocycles. The van der Waals surface area contributed by atoms with Gasteiger partial charge in [-0.15, -0.1) is 12.4 Å². The molecule has 0 aromatic rings. The van der Waals surface area contributed by atoms with E-state index in [1.807, 2.05) is 0 Å². The van der Waals surface area contributed by atoms with Crippen LogP contribution >= 0.6 is 12.4 Å². The summed E-state index contributed by atoms with van der Waals surface area (Å²) in [7, 11) is 0. The molecule has 0 radical (unpaired) electrons. The lowest BCUT2D eigenvalue weighted by Gasteiger charge is -2.94. The normalized spacial score (nSPS) is 73.7. The summed E-state index contributed by atoms with van der Waals surface area (Å²) in [6.45, 7) is 0. The van der Waals surface area contributed by atoms with Crippen molar-refractivity contribution in [2.75, 3.05) is 0 Å². The van der Waals surface area contributed by atoms with Crippen LogP contribution in [0.5, 0.6) is 0 Å². The molecule has 0 aliphatic heterocycles. The molecule has 6 saturated carbocycles. The highest BCUT2D eigenvalue weighted by atomic mass is 35.5. The second-order valence-electron chi connectivity index (χ2n) is 6.06. The third kappa shape index (κ3) is 0.528. The van der Waals surface area contributed by atoms with Gasteiger partial charge in [0.2, 0.25) is 0 Å². The van der Waals surface area contributed by atoms with Gasteiger partial charge in [0.1, 0.15) is 0 Å². The number of rotatable bonds is 1. The number of carboxylic acids is 1. The standard InChI is InChI=1S/C11H13NO2.ClH/c12-10-8-5-2-1-3(5)7(4(1)6(2)8)9(10)11(13)14;/h1-10H,12H2,(H,13,14);1H/t1?,2?,3?,4?,5?,6?,7?,8?,9-,10+;/m1./s1. The highest BCUT2D eigenvalue weighted by Gasteiger charge is 2.91. The van der Waals surface area contributed by atoms with Crippen LogP contribution in [-0.4, -0.2) is 17.1 Å². The molecule has 0 amide bonds. The molecule has 6 aliphatic rings. The highest BCUT2D eigenvalue weighted by molar-refractivity contribution is 5.85. The van der Waals surface area contributed by atoms with Crippen LogP contribution in [0.15, 0.2) is 0 Å². The zero-order valence-electron chi connectivity index (χ0n) is 8.11. The zero-order valence-corrected chi connectivity index (χ0v) is 8.93. The van der Waals surface area contributed by atoms with Gasteiger partial charge in [0, 0.05) is 6.04 Å². The number of halogens is 1. The minimum atomic E-state index is -0.627. The average Bonchev–Trinajstić information content (AvgIpc) is 2.09. The summed E-state index contributed by atoms with van der Waals surface area (Å²) < 4.78 is 0. The maximum atomic E-state index is 11.2. The van der Waals surface area contributed by atoms with E-state index >= 15 is 0 Å². The molecule has 0 spiro atoms. The molecule has 0 aromatic heterocycles. The minimum absolute atomic E-state index is 0. The molecule has 0 heterocycles. The maximum Gasteiger partial charge on any atom is 0.308 e. The first-order valence-corrected chi connectivity index (χ1v) is 5.72. The number of hydrogen-bond donors (Lipinski definition) is 2. The molecule has 6 aliphatic carbocycles. The maximum absolute atomic E-state index is 11.2. The summed E-state index contributed by atoms with van der Waals surface area (Å²) in [6, 6.07) is -0.0162. The SMILES string of the molecule is Cl.N[C@H]1C2C3C4C5C3C(C5C42)[C@H]1C(=O)O. The molecule has 3 N–H and O–H groups in total. The summed E-state index contributed by atoms with van der Waals surface area (Å²) in [5.41, 5.74) is 6.10. The van der Waals surface area contributed by atoms with Crippen molar-refractivity contribution in [2.45, 2.75) is 6.04 Å². The molecule has 4 unspecified atom stereocenters. The topological polar surface area (TPSA) is 63.3 Å². The predicted octanol–water partition coefficient (Wildman–Crippen LogP) is 0.434. The predicted molar refractivity (Wildman–Crippen MR) is 54.3 cm³/mol. The lowest BCUT2D eigenvalue weighted by atomic mass is 9.10. The molecule has 82 valence electrons. The number of aliphatic carboxylic acids is 1. The van der Waals surface area contributed by atoms with E-state index in [0.717, 1.165) is 35.5 Å². The molecule has 3 nitrogen and oxygen atoms in total. The fourth-order valence-electron chi connectivity index (χ4n) is 6.37. The average molecular weight is 228 g/mol. The number of hydrogen-bond acceptors (Lipinski definition) is 2. The third-order valence-electron chi connectivity index (χ3n) is 6.45. The Morgan fingerprint density at radius 3 is 1.73 bits per heavy atom. The van der Waals surface area contributed by atoms with E-state index in [1.165, 1.54) is 0 Å². The Balaban J connectivity index is 0.000000648. The monoisotopic (exact) mass is 227 g/mol. The fraction of sp³-hybridized carbons (Fsp3) is 0.909. The van der Waals surface area contributed by atoms with Gasteiger partial charge in [0.05, 0.1) is 5.92 Å². The van der Waals surface area contributed by atoms with Crippen molar-refractivity contribution < 1.29 is 9.90 Å². The summed E-state index contributed by atoms with van der Waals surface area (Å²) in [5.74, 6) is 5.55. The van der Waals surface area contributed by atoms with E-state index in [-0.39, 0.29) is 24.4 Å². The molecule has 6 rings (SSSR count). The molecule has 0 saturated heterocycles. The Kier molecular flexibility index (Phi) is 1.22. The van der Waals surface area contributed by atoms with Gasteiger partial charge in [0.25, 0.3) is 0 Å². The Labute approximate surface area is 93.8 Å². The molecular weight excluding hydrogens is 214 g/mol. The molecule has 15 heavy (non-hydrogen) atoms. The Bertz CT molecular complexity index is 367. The van der Waals surface area contributed by atoms with Crippen LogP contribution in [0.1, 0.15) is 0 Å². The number of carboxylic acid groups (broad SMARTS) is 1. The second-order valence-corrected chi connectivity index (χ2v) is 6.06. The molecular formula is C11H14ClNO2. The van der Waals surface area contributed by atoms with Crippen LogP contribution in [0, 0.1) is 53.3 Å². The largest absolute Gasteiger partial charge is 0.481 e. The lowest BCUT2D eigenvalue weighted by Crippen LogP contribution is -2.94. The molecule has 6 fully saturated rings. The number of nitrogens with two attached hydrogens (primary N) is 1. The van der Waals surface area contributed by atoms with E-state index in [2.05, 4.69) is 0 Å². The van der Waals surface area contributed by atoms with Crippen LogP contribution in [0.4, 0.5) is 0 Å². The Morgan fingerprint density at radius 1 is 0.867 bits per heavy atom. The van der Waals surface area contributed by atoms with Crippen LogP contribution in [-0.2, 0) is 4.79 Å².